The van der Waals surface area contributed by atoms with Crippen LogP contribution in [0.15, 0.2) is 79.6 Å². The molecule has 216 valence electrons. The molecule has 3 aromatic heterocycles. The number of amides is 2. The molecule has 0 spiro atoms. The molecule has 42 heavy (non-hydrogen) atoms. The minimum absolute atomic E-state index is 0.107. The van der Waals surface area contributed by atoms with Gasteiger partial charge in [-0.25, -0.2) is 19.7 Å². The van der Waals surface area contributed by atoms with Crippen LogP contribution in [0, 0.1) is 0 Å². The molecule has 0 unspecified atom stereocenters. The third kappa shape index (κ3) is 6.66. The lowest BCUT2D eigenvalue weighted by Crippen LogP contribution is -2.35. The van der Waals surface area contributed by atoms with E-state index in [-0.39, 0.29) is 24.1 Å². The summed E-state index contributed by atoms with van der Waals surface area (Å²) in [6.07, 6.45) is 7.56. The van der Waals surface area contributed by atoms with E-state index in [9.17, 15) is 19.5 Å². The van der Waals surface area contributed by atoms with Gasteiger partial charge in [0.25, 0.3) is 5.91 Å². The van der Waals surface area contributed by atoms with Crippen molar-refractivity contribution >= 4 is 46.5 Å². The smallest absolute Gasteiger partial charge is 0.326 e. The lowest BCUT2D eigenvalue weighted by molar-refractivity contribution is -0.137. The zero-order chi connectivity index (χ0) is 30.2. The van der Waals surface area contributed by atoms with E-state index < -0.39 is 12.0 Å². The molecular weight excluding hydrogens is 536 g/mol. The number of anilines is 5. The number of benzene rings is 1. The minimum Gasteiger partial charge on any atom is -0.480 e. The van der Waals surface area contributed by atoms with Crippen molar-refractivity contribution < 1.29 is 19.5 Å². The molecule has 0 radical (unpaired) electrons. The van der Waals surface area contributed by atoms with Gasteiger partial charge in [-0.05, 0) is 48.9 Å². The zero-order valence-electron chi connectivity index (χ0n) is 23.8. The SMILES string of the molecule is CCN(C(=O)c1ccncc1)c1cncnc1N[C@@H](Cc1ccc(N(C(C)=O)c2ncccc2N(C)C)cc1)C(=O)O. The van der Waals surface area contributed by atoms with Gasteiger partial charge in [0, 0.05) is 58.1 Å². The fourth-order valence-electron chi connectivity index (χ4n) is 4.45. The molecule has 0 aliphatic rings. The molecule has 0 saturated carbocycles. The number of carbonyl (C=O) groups is 3. The molecule has 2 amide bonds. The van der Waals surface area contributed by atoms with Crippen molar-refractivity contribution in [2.75, 3.05) is 40.7 Å². The molecule has 0 fully saturated rings. The maximum Gasteiger partial charge on any atom is 0.326 e. The second kappa shape index (κ2) is 13.3. The van der Waals surface area contributed by atoms with Crippen LogP contribution < -0.4 is 20.0 Å². The number of hydrogen-bond acceptors (Lipinski definition) is 9. The maximum absolute atomic E-state index is 13.2. The lowest BCUT2D eigenvalue weighted by atomic mass is 10.0. The van der Waals surface area contributed by atoms with Gasteiger partial charge < -0.3 is 20.2 Å². The van der Waals surface area contributed by atoms with E-state index in [1.54, 1.807) is 48.7 Å². The summed E-state index contributed by atoms with van der Waals surface area (Å²) in [6.45, 7) is 3.58. The van der Waals surface area contributed by atoms with Crippen molar-refractivity contribution in [1.29, 1.82) is 0 Å². The molecule has 0 bridgehead atoms. The molecule has 12 nitrogen and oxygen atoms in total. The molecule has 1 atom stereocenters. The van der Waals surface area contributed by atoms with Crippen LogP contribution in [0.1, 0.15) is 29.8 Å². The van der Waals surface area contributed by atoms with Crippen molar-refractivity contribution in [2.45, 2.75) is 26.3 Å². The van der Waals surface area contributed by atoms with Gasteiger partial charge >= 0.3 is 5.97 Å². The highest BCUT2D eigenvalue weighted by molar-refractivity contribution is 6.07. The van der Waals surface area contributed by atoms with Gasteiger partial charge in [0.1, 0.15) is 18.1 Å². The Hall–Kier alpha value is -5.39. The predicted octanol–water partition coefficient (Wildman–Crippen LogP) is 3.79. The summed E-state index contributed by atoms with van der Waals surface area (Å²) in [5.74, 6) is -0.895. The molecule has 0 aliphatic heterocycles. The van der Waals surface area contributed by atoms with E-state index in [2.05, 4.69) is 25.3 Å². The fourth-order valence-corrected chi connectivity index (χ4v) is 4.45. The first-order chi connectivity index (χ1) is 20.2. The van der Waals surface area contributed by atoms with E-state index in [0.29, 0.717) is 34.9 Å². The molecule has 0 saturated heterocycles. The van der Waals surface area contributed by atoms with Crippen LogP contribution in [0.3, 0.4) is 0 Å². The van der Waals surface area contributed by atoms with Gasteiger partial charge in [0.15, 0.2) is 11.6 Å². The standard InChI is InChI=1S/C30H32N8O4/c1-5-37(29(40)22-12-15-31-16-13-22)26-18-32-19-34-27(26)35-24(30(41)42)17-21-8-10-23(11-9-21)38(20(2)39)28-25(36(3)4)7-6-14-33-28/h6-16,18-19,24H,5,17H2,1-4H3,(H,41,42)(H,32,34,35)/t24-/m0/s1. The fraction of sp³-hybridized carbons (Fsp3) is 0.233. The Morgan fingerprint density at radius 3 is 2.26 bits per heavy atom. The second-order valence-electron chi connectivity index (χ2n) is 9.54. The number of rotatable bonds is 11. The van der Waals surface area contributed by atoms with Gasteiger partial charge in [-0.2, -0.15) is 0 Å². The quantitative estimate of drug-likeness (QED) is 0.274. The Morgan fingerprint density at radius 2 is 1.64 bits per heavy atom. The van der Waals surface area contributed by atoms with Crippen molar-refractivity contribution in [1.82, 2.24) is 19.9 Å². The Kier molecular flexibility index (Phi) is 9.38. The predicted molar refractivity (Wildman–Crippen MR) is 160 cm³/mol. The monoisotopic (exact) mass is 568 g/mol. The first-order valence-electron chi connectivity index (χ1n) is 13.2. The Bertz CT molecular complexity index is 1550. The Labute approximate surface area is 243 Å². The molecule has 4 rings (SSSR count). The number of hydrogen-bond donors (Lipinski definition) is 2. The van der Waals surface area contributed by atoms with Crippen LogP contribution in [-0.2, 0) is 16.0 Å². The molecule has 1 aromatic carbocycles. The molecule has 12 heteroatoms. The van der Waals surface area contributed by atoms with E-state index in [1.165, 1.54) is 41.6 Å². The van der Waals surface area contributed by atoms with Gasteiger partial charge in [0.05, 0.1) is 17.6 Å². The topological polar surface area (TPSA) is 145 Å². The third-order valence-corrected chi connectivity index (χ3v) is 6.49. The number of carboxylic acids is 1. The van der Waals surface area contributed by atoms with Gasteiger partial charge in [-0.3, -0.25) is 19.5 Å². The van der Waals surface area contributed by atoms with Gasteiger partial charge in [-0.15, -0.1) is 0 Å². The van der Waals surface area contributed by atoms with E-state index >= 15 is 0 Å². The number of nitrogens with zero attached hydrogens (tertiary/aromatic N) is 7. The number of aliphatic carboxylic acids is 1. The normalized spacial score (nSPS) is 11.3. The lowest BCUT2D eigenvalue weighted by Gasteiger charge is -2.26. The van der Waals surface area contributed by atoms with Crippen molar-refractivity contribution in [2.24, 2.45) is 0 Å². The van der Waals surface area contributed by atoms with Crippen LogP contribution in [0.2, 0.25) is 0 Å². The highest BCUT2D eigenvalue weighted by Gasteiger charge is 2.25. The van der Waals surface area contributed by atoms with Crippen LogP contribution in [0.4, 0.5) is 28.7 Å². The molecular formula is C30H32N8O4. The number of pyridine rings is 2. The summed E-state index contributed by atoms with van der Waals surface area (Å²) in [5.41, 5.74) is 2.87. The largest absolute Gasteiger partial charge is 0.480 e. The average Bonchev–Trinajstić information content (AvgIpc) is 2.99. The van der Waals surface area contributed by atoms with Crippen LogP contribution in [0.5, 0.6) is 0 Å². The second-order valence-corrected chi connectivity index (χ2v) is 9.54. The van der Waals surface area contributed by atoms with Crippen LogP contribution in [-0.4, -0.2) is 69.5 Å². The number of aromatic nitrogens is 4. The summed E-state index contributed by atoms with van der Waals surface area (Å²) < 4.78 is 0. The van der Waals surface area contributed by atoms with E-state index in [1.807, 2.05) is 32.0 Å². The zero-order valence-corrected chi connectivity index (χ0v) is 23.8. The third-order valence-electron chi connectivity index (χ3n) is 6.49. The molecule has 0 aliphatic carbocycles. The van der Waals surface area contributed by atoms with Gasteiger partial charge in [0.2, 0.25) is 5.91 Å². The molecule has 2 N–H and O–H groups in total. The average molecular weight is 569 g/mol. The summed E-state index contributed by atoms with van der Waals surface area (Å²) in [5, 5.41) is 13.0. The minimum atomic E-state index is -1.10. The molecule has 3 heterocycles. The number of nitrogens with one attached hydrogen (secondary N) is 1. The Morgan fingerprint density at radius 1 is 0.929 bits per heavy atom. The summed E-state index contributed by atoms with van der Waals surface area (Å²) in [4.78, 5) is 59.7. The van der Waals surface area contributed by atoms with E-state index in [0.717, 1.165) is 5.69 Å². The van der Waals surface area contributed by atoms with E-state index in [4.69, 9.17) is 0 Å². The van der Waals surface area contributed by atoms with Gasteiger partial charge in [-0.1, -0.05) is 12.1 Å². The summed E-state index contributed by atoms with van der Waals surface area (Å²) in [6, 6.07) is 12.9. The summed E-state index contributed by atoms with van der Waals surface area (Å²) >= 11 is 0. The van der Waals surface area contributed by atoms with Crippen molar-refractivity contribution in [3.05, 3.63) is 90.8 Å². The van der Waals surface area contributed by atoms with Crippen molar-refractivity contribution in [3.63, 3.8) is 0 Å². The van der Waals surface area contributed by atoms with Crippen molar-refractivity contribution in [3.8, 4) is 0 Å². The van der Waals surface area contributed by atoms with Crippen LogP contribution >= 0.6 is 0 Å². The summed E-state index contributed by atoms with van der Waals surface area (Å²) in [7, 11) is 3.75. The Balaban J connectivity index is 1.57. The molecule has 4 aromatic rings. The van der Waals surface area contributed by atoms with Crippen LogP contribution in [0.25, 0.3) is 0 Å². The first-order valence-corrected chi connectivity index (χ1v) is 13.2. The first kappa shape index (κ1) is 29.6. The number of carbonyl (C=O) groups excluding carboxylic acids is 2. The highest BCUT2D eigenvalue weighted by Crippen LogP contribution is 2.32. The highest BCUT2D eigenvalue weighted by atomic mass is 16.4. The maximum atomic E-state index is 13.2. The number of carboxylic acid groups (broad SMARTS) is 1.